The predicted molar refractivity (Wildman–Crippen MR) is 66.9 cm³/mol. The van der Waals surface area contributed by atoms with Crippen molar-refractivity contribution in [3.8, 4) is 5.75 Å². The van der Waals surface area contributed by atoms with E-state index in [0.717, 1.165) is 0 Å². The van der Waals surface area contributed by atoms with E-state index in [1.165, 1.54) is 30.3 Å². The third kappa shape index (κ3) is 3.90. The molecule has 0 spiro atoms. The molecule has 0 unspecified atom stereocenters. The maximum Gasteiger partial charge on any atom is 0.238 e. The van der Waals surface area contributed by atoms with E-state index in [1.807, 2.05) is 0 Å². The van der Waals surface area contributed by atoms with Gasteiger partial charge >= 0.3 is 0 Å². The SMILES string of the molecule is C=C/C=C(\C=C)Oc1ccc(S(N)(=O)=O)cc1. The Bertz CT molecular complexity index is 542. The van der Waals surface area contributed by atoms with Crippen LogP contribution in [0.5, 0.6) is 5.75 Å². The molecule has 17 heavy (non-hydrogen) atoms. The third-order valence-corrected chi connectivity index (χ3v) is 2.80. The van der Waals surface area contributed by atoms with E-state index >= 15 is 0 Å². The number of benzene rings is 1. The summed E-state index contributed by atoms with van der Waals surface area (Å²) in [4.78, 5) is 0.0395. The zero-order valence-corrected chi connectivity index (χ0v) is 9.98. The van der Waals surface area contributed by atoms with Crippen LogP contribution in [0.3, 0.4) is 0 Å². The van der Waals surface area contributed by atoms with E-state index in [9.17, 15) is 8.42 Å². The van der Waals surface area contributed by atoms with E-state index in [-0.39, 0.29) is 4.90 Å². The van der Waals surface area contributed by atoms with Crippen LogP contribution < -0.4 is 9.88 Å². The second kappa shape index (κ2) is 5.47. The lowest BCUT2D eigenvalue weighted by Gasteiger charge is -2.06. The molecule has 1 rings (SSSR count). The number of primary sulfonamides is 1. The summed E-state index contributed by atoms with van der Waals surface area (Å²) in [7, 11) is -3.67. The summed E-state index contributed by atoms with van der Waals surface area (Å²) >= 11 is 0. The number of hydrogen-bond donors (Lipinski definition) is 1. The second-order valence-electron chi connectivity index (χ2n) is 3.13. The van der Waals surface area contributed by atoms with Crippen molar-refractivity contribution < 1.29 is 13.2 Å². The average Bonchev–Trinajstić information content (AvgIpc) is 2.28. The van der Waals surface area contributed by atoms with Gasteiger partial charge in [0, 0.05) is 0 Å². The van der Waals surface area contributed by atoms with Gasteiger partial charge in [0.2, 0.25) is 10.0 Å². The number of nitrogens with two attached hydrogens (primary N) is 1. The molecule has 4 nitrogen and oxygen atoms in total. The standard InChI is InChI=1S/C12H13NO3S/c1-3-5-10(4-2)16-11-6-8-12(9-7-11)17(13,14)15/h3-9H,1-2H2,(H2,13,14,15)/b10-5+. The number of allylic oxidation sites excluding steroid dienone is 3. The lowest BCUT2D eigenvalue weighted by molar-refractivity contribution is 0.444. The smallest absolute Gasteiger partial charge is 0.238 e. The molecule has 0 saturated heterocycles. The van der Waals surface area contributed by atoms with E-state index in [1.54, 1.807) is 12.2 Å². The van der Waals surface area contributed by atoms with Crippen LogP contribution >= 0.6 is 0 Å². The average molecular weight is 251 g/mol. The molecule has 0 heterocycles. The monoisotopic (exact) mass is 251 g/mol. The molecule has 1 aromatic carbocycles. The molecule has 0 amide bonds. The van der Waals surface area contributed by atoms with Crippen molar-refractivity contribution in [3.05, 3.63) is 61.4 Å². The first-order chi connectivity index (χ1) is 7.97. The summed E-state index contributed by atoms with van der Waals surface area (Å²) in [6.07, 6.45) is 4.73. The van der Waals surface area contributed by atoms with Gasteiger partial charge in [0.15, 0.2) is 0 Å². The van der Waals surface area contributed by atoms with Gasteiger partial charge in [-0.1, -0.05) is 19.2 Å². The molecule has 0 bridgehead atoms. The highest BCUT2D eigenvalue weighted by molar-refractivity contribution is 7.89. The highest BCUT2D eigenvalue weighted by Crippen LogP contribution is 2.17. The molecule has 0 aliphatic carbocycles. The second-order valence-corrected chi connectivity index (χ2v) is 4.69. The fraction of sp³-hybridized carbons (Fsp3) is 0. The summed E-state index contributed by atoms with van der Waals surface area (Å²) in [5, 5.41) is 4.97. The van der Waals surface area contributed by atoms with Gasteiger partial charge in [-0.15, -0.1) is 0 Å². The molecular weight excluding hydrogens is 238 g/mol. The highest BCUT2D eigenvalue weighted by Gasteiger charge is 2.07. The minimum absolute atomic E-state index is 0.0395. The first-order valence-corrected chi connectivity index (χ1v) is 6.28. The molecule has 0 radical (unpaired) electrons. The number of sulfonamides is 1. The normalized spacial score (nSPS) is 11.9. The van der Waals surface area contributed by atoms with Crippen molar-refractivity contribution in [2.75, 3.05) is 0 Å². The van der Waals surface area contributed by atoms with Crippen molar-refractivity contribution in [1.29, 1.82) is 0 Å². The number of ether oxygens (including phenoxy) is 1. The molecule has 2 N–H and O–H groups in total. The van der Waals surface area contributed by atoms with Gasteiger partial charge in [-0.25, -0.2) is 13.6 Å². The summed E-state index contributed by atoms with van der Waals surface area (Å²) in [6, 6.07) is 5.78. The lowest BCUT2D eigenvalue weighted by atomic mass is 10.3. The molecule has 0 aromatic heterocycles. The summed E-state index contributed by atoms with van der Waals surface area (Å²) in [6.45, 7) is 7.11. The van der Waals surface area contributed by atoms with Gasteiger partial charge in [0.25, 0.3) is 0 Å². The Morgan fingerprint density at radius 1 is 1.24 bits per heavy atom. The van der Waals surface area contributed by atoms with Crippen LogP contribution in [0.15, 0.2) is 66.3 Å². The van der Waals surface area contributed by atoms with E-state index < -0.39 is 10.0 Å². The van der Waals surface area contributed by atoms with Gasteiger partial charge in [0.1, 0.15) is 11.5 Å². The van der Waals surface area contributed by atoms with Gasteiger partial charge in [-0.2, -0.15) is 0 Å². The van der Waals surface area contributed by atoms with Gasteiger partial charge in [-0.3, -0.25) is 0 Å². The summed E-state index contributed by atoms with van der Waals surface area (Å²) in [5.41, 5.74) is 0. The number of rotatable bonds is 5. The van der Waals surface area contributed by atoms with Crippen LogP contribution in [0.2, 0.25) is 0 Å². The maximum absolute atomic E-state index is 11.0. The quantitative estimate of drug-likeness (QED) is 0.642. The fourth-order valence-electron chi connectivity index (χ4n) is 1.09. The molecule has 0 saturated carbocycles. The van der Waals surface area contributed by atoms with Gasteiger partial charge in [-0.05, 0) is 36.4 Å². The fourth-order valence-corrected chi connectivity index (χ4v) is 1.61. The Morgan fingerprint density at radius 2 is 1.82 bits per heavy atom. The van der Waals surface area contributed by atoms with Gasteiger partial charge in [0.05, 0.1) is 4.90 Å². The van der Waals surface area contributed by atoms with Crippen LogP contribution in [0.25, 0.3) is 0 Å². The Morgan fingerprint density at radius 3 is 2.24 bits per heavy atom. The minimum Gasteiger partial charge on any atom is -0.457 e. The van der Waals surface area contributed by atoms with Crippen LogP contribution in [-0.2, 0) is 10.0 Å². The third-order valence-electron chi connectivity index (χ3n) is 1.87. The molecule has 90 valence electrons. The maximum atomic E-state index is 11.0. The minimum atomic E-state index is -3.67. The van der Waals surface area contributed by atoms with Crippen LogP contribution in [0.4, 0.5) is 0 Å². The summed E-state index contributed by atoms with van der Waals surface area (Å²) in [5.74, 6) is 1.01. The van der Waals surface area contributed by atoms with Crippen molar-refractivity contribution in [2.45, 2.75) is 4.90 Å². The Kier molecular flexibility index (Phi) is 4.25. The molecule has 1 aromatic rings. The first kappa shape index (κ1) is 13.2. The highest BCUT2D eigenvalue weighted by atomic mass is 32.2. The molecule has 0 fully saturated rings. The van der Waals surface area contributed by atoms with Gasteiger partial charge < -0.3 is 4.74 Å². The van der Waals surface area contributed by atoms with Crippen LogP contribution in [0.1, 0.15) is 0 Å². The molecule has 0 atom stereocenters. The first-order valence-electron chi connectivity index (χ1n) is 4.73. The van der Waals surface area contributed by atoms with E-state index in [4.69, 9.17) is 9.88 Å². The van der Waals surface area contributed by atoms with Crippen molar-refractivity contribution in [2.24, 2.45) is 5.14 Å². The Labute approximate surface area is 101 Å². The zero-order valence-electron chi connectivity index (χ0n) is 9.17. The Balaban J connectivity index is 2.93. The van der Waals surface area contributed by atoms with Crippen molar-refractivity contribution in [3.63, 3.8) is 0 Å². The molecular formula is C12H13NO3S. The largest absolute Gasteiger partial charge is 0.457 e. The van der Waals surface area contributed by atoms with E-state index in [2.05, 4.69) is 13.2 Å². The van der Waals surface area contributed by atoms with E-state index in [0.29, 0.717) is 11.5 Å². The number of hydrogen-bond acceptors (Lipinski definition) is 3. The molecule has 5 heteroatoms. The van der Waals surface area contributed by atoms with Crippen molar-refractivity contribution in [1.82, 2.24) is 0 Å². The predicted octanol–water partition coefficient (Wildman–Crippen LogP) is 1.97. The van der Waals surface area contributed by atoms with Crippen molar-refractivity contribution >= 4 is 10.0 Å². The van der Waals surface area contributed by atoms with Crippen LogP contribution in [-0.4, -0.2) is 8.42 Å². The molecule has 0 aliphatic heterocycles. The Hall–Kier alpha value is -1.85. The lowest BCUT2D eigenvalue weighted by Crippen LogP contribution is -2.11. The summed E-state index contributed by atoms with van der Waals surface area (Å²) < 4.78 is 27.5. The topological polar surface area (TPSA) is 69.4 Å². The molecule has 0 aliphatic rings. The van der Waals surface area contributed by atoms with Crippen LogP contribution in [0, 0.1) is 0 Å². The zero-order chi connectivity index (χ0) is 12.9.